The maximum atomic E-state index is 12.7. The second-order valence-electron chi connectivity index (χ2n) is 6.26. The van der Waals surface area contributed by atoms with Crippen molar-refractivity contribution >= 4 is 29.0 Å². The third kappa shape index (κ3) is 4.78. The van der Waals surface area contributed by atoms with Crippen molar-refractivity contribution in [2.75, 3.05) is 17.7 Å². The maximum absolute atomic E-state index is 12.7. The van der Waals surface area contributed by atoms with Gasteiger partial charge in [0.1, 0.15) is 23.1 Å². The lowest BCUT2D eigenvalue weighted by atomic mass is 10.1. The fourth-order valence-electron chi connectivity index (χ4n) is 2.77. The van der Waals surface area contributed by atoms with Crippen LogP contribution in [0.25, 0.3) is 0 Å². The molecule has 0 radical (unpaired) electrons. The van der Waals surface area contributed by atoms with Gasteiger partial charge in [-0.3, -0.25) is 4.79 Å². The quantitative estimate of drug-likeness (QED) is 0.621. The molecule has 7 heteroatoms. The van der Waals surface area contributed by atoms with Crippen molar-refractivity contribution in [3.8, 4) is 5.75 Å². The molecular formula is C21H21ClN4O2. The summed E-state index contributed by atoms with van der Waals surface area (Å²) in [5, 5.41) is 6.60. The van der Waals surface area contributed by atoms with E-state index in [1.807, 2.05) is 37.3 Å². The Kier molecular flexibility index (Phi) is 6.11. The van der Waals surface area contributed by atoms with E-state index in [0.717, 1.165) is 5.56 Å². The lowest BCUT2D eigenvalue weighted by Gasteiger charge is -2.16. The Labute approximate surface area is 168 Å². The molecule has 0 saturated heterocycles. The summed E-state index contributed by atoms with van der Waals surface area (Å²) in [4.78, 5) is 21.4. The first-order chi connectivity index (χ1) is 13.5. The molecule has 2 aromatic carbocycles. The standard InChI is InChI=1S/C21H21ClN4O2/c1-13(15-7-5-4-6-8-15)23-20-12-18(24-14(2)25-20)21(27)26-17-11-16(22)9-10-19(17)28-3/h4-13H,1-3H3,(H,26,27)(H,23,24,25). The zero-order chi connectivity index (χ0) is 20.1. The number of hydrogen-bond donors (Lipinski definition) is 2. The monoisotopic (exact) mass is 396 g/mol. The second-order valence-corrected chi connectivity index (χ2v) is 6.70. The van der Waals surface area contributed by atoms with E-state index in [2.05, 4.69) is 20.6 Å². The summed E-state index contributed by atoms with van der Waals surface area (Å²) in [6.45, 7) is 3.78. The number of halogens is 1. The van der Waals surface area contributed by atoms with E-state index in [9.17, 15) is 4.79 Å². The number of rotatable bonds is 6. The smallest absolute Gasteiger partial charge is 0.274 e. The molecule has 0 fully saturated rings. The van der Waals surface area contributed by atoms with Crippen molar-refractivity contribution in [1.82, 2.24) is 9.97 Å². The number of amides is 1. The van der Waals surface area contributed by atoms with Gasteiger partial charge in [-0.2, -0.15) is 0 Å². The fourth-order valence-corrected chi connectivity index (χ4v) is 2.94. The Bertz CT molecular complexity index is 979. The number of carbonyl (C=O) groups excluding carboxylic acids is 1. The Balaban J connectivity index is 1.81. The average Bonchev–Trinajstić information content (AvgIpc) is 2.68. The van der Waals surface area contributed by atoms with Gasteiger partial charge in [0.25, 0.3) is 5.91 Å². The molecule has 0 saturated carbocycles. The lowest BCUT2D eigenvalue weighted by Crippen LogP contribution is -2.17. The predicted molar refractivity (Wildman–Crippen MR) is 111 cm³/mol. The summed E-state index contributed by atoms with van der Waals surface area (Å²) in [7, 11) is 1.53. The van der Waals surface area contributed by atoms with E-state index in [1.165, 1.54) is 7.11 Å². The number of aromatic nitrogens is 2. The summed E-state index contributed by atoms with van der Waals surface area (Å²) < 4.78 is 5.27. The molecule has 3 rings (SSSR count). The molecule has 0 aliphatic carbocycles. The first-order valence-corrected chi connectivity index (χ1v) is 9.16. The molecule has 0 bridgehead atoms. The minimum atomic E-state index is -0.374. The molecule has 6 nitrogen and oxygen atoms in total. The van der Waals surface area contributed by atoms with Gasteiger partial charge < -0.3 is 15.4 Å². The zero-order valence-electron chi connectivity index (χ0n) is 15.9. The van der Waals surface area contributed by atoms with Gasteiger partial charge >= 0.3 is 0 Å². The summed E-state index contributed by atoms with van der Waals surface area (Å²) in [6.07, 6.45) is 0. The van der Waals surface area contributed by atoms with Crippen LogP contribution in [0, 0.1) is 6.92 Å². The third-order valence-electron chi connectivity index (χ3n) is 4.14. The lowest BCUT2D eigenvalue weighted by molar-refractivity contribution is 0.102. The molecule has 144 valence electrons. The largest absolute Gasteiger partial charge is 0.495 e. The van der Waals surface area contributed by atoms with Crippen LogP contribution in [0.1, 0.15) is 34.8 Å². The van der Waals surface area contributed by atoms with Crippen LogP contribution in [-0.4, -0.2) is 23.0 Å². The van der Waals surface area contributed by atoms with Crippen LogP contribution in [0.15, 0.2) is 54.6 Å². The van der Waals surface area contributed by atoms with E-state index in [1.54, 1.807) is 31.2 Å². The van der Waals surface area contributed by atoms with Gasteiger partial charge in [0.15, 0.2) is 0 Å². The highest BCUT2D eigenvalue weighted by atomic mass is 35.5. The van der Waals surface area contributed by atoms with E-state index in [4.69, 9.17) is 16.3 Å². The highest BCUT2D eigenvalue weighted by Gasteiger charge is 2.15. The summed E-state index contributed by atoms with van der Waals surface area (Å²) in [5.41, 5.74) is 1.84. The van der Waals surface area contributed by atoms with E-state index < -0.39 is 0 Å². The van der Waals surface area contributed by atoms with Gasteiger partial charge in [0.05, 0.1) is 12.8 Å². The topological polar surface area (TPSA) is 76.1 Å². The first-order valence-electron chi connectivity index (χ1n) is 8.78. The Morgan fingerprint density at radius 3 is 2.57 bits per heavy atom. The van der Waals surface area contributed by atoms with E-state index >= 15 is 0 Å². The molecule has 1 atom stereocenters. The number of nitrogens with one attached hydrogen (secondary N) is 2. The zero-order valence-corrected chi connectivity index (χ0v) is 16.6. The molecule has 1 unspecified atom stereocenters. The maximum Gasteiger partial charge on any atom is 0.274 e. The predicted octanol–water partition coefficient (Wildman–Crippen LogP) is 4.87. The molecule has 1 heterocycles. The number of ether oxygens (including phenoxy) is 1. The average molecular weight is 397 g/mol. The van der Waals surface area contributed by atoms with Crippen LogP contribution < -0.4 is 15.4 Å². The SMILES string of the molecule is COc1ccc(Cl)cc1NC(=O)c1cc(NC(C)c2ccccc2)nc(C)n1. The summed E-state index contributed by atoms with van der Waals surface area (Å²) in [5.74, 6) is 1.21. The minimum Gasteiger partial charge on any atom is -0.495 e. The van der Waals surface area contributed by atoms with Gasteiger partial charge in [0, 0.05) is 17.1 Å². The van der Waals surface area contributed by atoms with Crippen molar-refractivity contribution in [3.05, 3.63) is 76.7 Å². The van der Waals surface area contributed by atoms with Crippen LogP contribution in [0.5, 0.6) is 5.75 Å². The number of benzene rings is 2. The Morgan fingerprint density at radius 1 is 1.11 bits per heavy atom. The van der Waals surface area contributed by atoms with Crippen molar-refractivity contribution in [1.29, 1.82) is 0 Å². The molecule has 0 spiro atoms. The number of methoxy groups -OCH3 is 1. The Hall–Kier alpha value is -3.12. The number of carbonyl (C=O) groups is 1. The molecule has 1 aromatic heterocycles. The summed E-state index contributed by atoms with van der Waals surface area (Å²) >= 11 is 6.03. The van der Waals surface area contributed by atoms with Crippen molar-refractivity contribution < 1.29 is 9.53 Å². The molecule has 28 heavy (non-hydrogen) atoms. The highest BCUT2D eigenvalue weighted by Crippen LogP contribution is 2.28. The minimum absolute atomic E-state index is 0.0273. The molecule has 1 amide bonds. The third-order valence-corrected chi connectivity index (χ3v) is 4.38. The molecule has 2 N–H and O–H groups in total. The normalized spacial score (nSPS) is 11.6. The second kappa shape index (κ2) is 8.71. The van der Waals surface area contributed by atoms with Crippen molar-refractivity contribution in [2.45, 2.75) is 19.9 Å². The van der Waals surface area contributed by atoms with Gasteiger partial charge in [-0.05, 0) is 37.6 Å². The van der Waals surface area contributed by atoms with Crippen LogP contribution in [0.4, 0.5) is 11.5 Å². The number of anilines is 2. The van der Waals surface area contributed by atoms with Crippen LogP contribution in [0.2, 0.25) is 5.02 Å². The van der Waals surface area contributed by atoms with E-state index in [-0.39, 0.29) is 17.6 Å². The van der Waals surface area contributed by atoms with Crippen LogP contribution in [-0.2, 0) is 0 Å². The van der Waals surface area contributed by atoms with E-state index in [0.29, 0.717) is 28.1 Å². The van der Waals surface area contributed by atoms with Crippen LogP contribution >= 0.6 is 11.6 Å². The van der Waals surface area contributed by atoms with Crippen molar-refractivity contribution in [3.63, 3.8) is 0 Å². The number of hydrogen-bond acceptors (Lipinski definition) is 5. The number of nitrogens with zero attached hydrogens (tertiary/aromatic N) is 2. The fraction of sp³-hybridized carbons (Fsp3) is 0.190. The first kappa shape index (κ1) is 19.6. The van der Waals surface area contributed by atoms with Gasteiger partial charge in [-0.15, -0.1) is 0 Å². The number of aryl methyl sites for hydroxylation is 1. The summed E-state index contributed by atoms with van der Waals surface area (Å²) in [6, 6.07) is 16.7. The van der Waals surface area contributed by atoms with Gasteiger partial charge in [-0.25, -0.2) is 9.97 Å². The van der Waals surface area contributed by atoms with Crippen molar-refractivity contribution in [2.24, 2.45) is 0 Å². The van der Waals surface area contributed by atoms with Crippen LogP contribution in [0.3, 0.4) is 0 Å². The highest BCUT2D eigenvalue weighted by molar-refractivity contribution is 6.31. The Morgan fingerprint density at radius 2 is 1.86 bits per heavy atom. The molecule has 0 aliphatic rings. The van der Waals surface area contributed by atoms with Gasteiger partial charge in [0.2, 0.25) is 0 Å². The van der Waals surface area contributed by atoms with Gasteiger partial charge in [-0.1, -0.05) is 41.9 Å². The molecule has 3 aromatic rings. The molecule has 0 aliphatic heterocycles. The molecular weight excluding hydrogens is 376 g/mol.